The third-order valence-electron chi connectivity index (χ3n) is 3.97. The second kappa shape index (κ2) is 5.95. The molecule has 0 amide bonds. The lowest BCUT2D eigenvalue weighted by atomic mass is 10.0. The Hall–Kier alpha value is -1.72. The quantitative estimate of drug-likeness (QED) is 0.912. The van der Waals surface area contributed by atoms with Gasteiger partial charge in [-0.25, -0.2) is 4.79 Å². The Balaban J connectivity index is 2.30. The number of hydrogen-bond donors (Lipinski definition) is 1. The van der Waals surface area contributed by atoms with E-state index in [-0.39, 0.29) is 11.3 Å². The summed E-state index contributed by atoms with van der Waals surface area (Å²) in [6, 6.07) is 3.18. The number of alkyl halides is 3. The minimum Gasteiger partial charge on any atom is -0.478 e. The molecular weight excluding hydrogens is 283 g/mol. The van der Waals surface area contributed by atoms with Crippen molar-refractivity contribution in [3.63, 3.8) is 0 Å². The van der Waals surface area contributed by atoms with E-state index >= 15 is 0 Å². The molecule has 0 radical (unpaired) electrons. The lowest BCUT2D eigenvalue weighted by molar-refractivity contribution is -0.137. The zero-order valence-corrected chi connectivity index (χ0v) is 11.8. The van der Waals surface area contributed by atoms with E-state index in [9.17, 15) is 18.0 Å². The van der Waals surface area contributed by atoms with Gasteiger partial charge in [-0.2, -0.15) is 13.2 Å². The first-order valence-electron chi connectivity index (χ1n) is 6.94. The van der Waals surface area contributed by atoms with Crippen LogP contribution in [-0.2, 0) is 6.18 Å². The minimum atomic E-state index is -4.56. The SMILES string of the molecule is CN(CC1CCCC1)c1ccc(C(=O)O)cc1C(F)(F)F. The maximum absolute atomic E-state index is 13.1. The van der Waals surface area contributed by atoms with Gasteiger partial charge in [0.1, 0.15) is 0 Å². The van der Waals surface area contributed by atoms with Crippen molar-refractivity contribution in [2.45, 2.75) is 31.9 Å². The van der Waals surface area contributed by atoms with Crippen LogP contribution in [0.15, 0.2) is 18.2 Å². The molecule has 1 fully saturated rings. The number of nitrogens with zero attached hydrogens (tertiary/aromatic N) is 1. The Morgan fingerprint density at radius 2 is 1.95 bits per heavy atom. The fourth-order valence-corrected chi connectivity index (χ4v) is 2.91. The molecule has 3 nitrogen and oxygen atoms in total. The lowest BCUT2D eigenvalue weighted by Crippen LogP contribution is -2.26. The smallest absolute Gasteiger partial charge is 0.418 e. The summed E-state index contributed by atoms with van der Waals surface area (Å²) in [7, 11) is 1.63. The van der Waals surface area contributed by atoms with Crippen molar-refractivity contribution in [1.82, 2.24) is 0 Å². The molecular formula is C15H18F3NO2. The summed E-state index contributed by atoms with van der Waals surface area (Å²) in [5.74, 6) is -0.944. The van der Waals surface area contributed by atoms with Crippen LogP contribution >= 0.6 is 0 Å². The van der Waals surface area contributed by atoms with Crippen LogP contribution in [0.1, 0.15) is 41.6 Å². The summed E-state index contributed by atoms with van der Waals surface area (Å²) in [6.07, 6.45) is -0.228. The first-order chi connectivity index (χ1) is 9.79. The zero-order valence-electron chi connectivity index (χ0n) is 11.8. The van der Waals surface area contributed by atoms with E-state index in [1.165, 1.54) is 12.1 Å². The van der Waals surface area contributed by atoms with Crippen LogP contribution in [0.25, 0.3) is 0 Å². The van der Waals surface area contributed by atoms with Crippen LogP contribution in [0.4, 0.5) is 18.9 Å². The molecule has 1 saturated carbocycles. The zero-order chi connectivity index (χ0) is 15.6. The molecule has 2 rings (SSSR count). The molecule has 21 heavy (non-hydrogen) atoms. The average Bonchev–Trinajstić information content (AvgIpc) is 2.89. The fourth-order valence-electron chi connectivity index (χ4n) is 2.91. The average molecular weight is 301 g/mol. The van der Waals surface area contributed by atoms with Gasteiger partial charge >= 0.3 is 12.1 Å². The van der Waals surface area contributed by atoms with Gasteiger partial charge in [-0.1, -0.05) is 12.8 Å². The fraction of sp³-hybridized carbons (Fsp3) is 0.533. The molecule has 6 heteroatoms. The Morgan fingerprint density at radius 1 is 1.33 bits per heavy atom. The summed E-state index contributed by atoms with van der Waals surface area (Å²) in [5, 5.41) is 8.85. The molecule has 0 saturated heterocycles. The van der Waals surface area contributed by atoms with Gasteiger partial charge in [0, 0.05) is 19.3 Å². The molecule has 1 aromatic rings. The number of anilines is 1. The van der Waals surface area contributed by atoms with E-state index in [0.29, 0.717) is 18.5 Å². The van der Waals surface area contributed by atoms with Gasteiger partial charge < -0.3 is 10.0 Å². The van der Waals surface area contributed by atoms with Crippen LogP contribution in [0, 0.1) is 5.92 Å². The van der Waals surface area contributed by atoms with Crippen molar-refractivity contribution in [3.8, 4) is 0 Å². The topological polar surface area (TPSA) is 40.5 Å². The predicted octanol–water partition coefficient (Wildman–Crippen LogP) is 4.03. The largest absolute Gasteiger partial charge is 0.478 e. The number of aromatic carboxylic acids is 1. The Kier molecular flexibility index (Phi) is 4.44. The predicted molar refractivity (Wildman–Crippen MR) is 73.6 cm³/mol. The van der Waals surface area contributed by atoms with Crippen molar-refractivity contribution in [1.29, 1.82) is 0 Å². The molecule has 1 aliphatic carbocycles. The van der Waals surface area contributed by atoms with Gasteiger partial charge in [0.25, 0.3) is 0 Å². The van der Waals surface area contributed by atoms with Crippen LogP contribution < -0.4 is 4.90 Å². The second-order valence-electron chi connectivity index (χ2n) is 5.57. The van der Waals surface area contributed by atoms with Gasteiger partial charge in [-0.15, -0.1) is 0 Å². The van der Waals surface area contributed by atoms with Crippen molar-refractivity contribution < 1.29 is 23.1 Å². The molecule has 0 aromatic heterocycles. The van der Waals surface area contributed by atoms with E-state index in [4.69, 9.17) is 5.11 Å². The maximum Gasteiger partial charge on any atom is 0.418 e. The first-order valence-corrected chi connectivity index (χ1v) is 6.94. The molecule has 1 aliphatic rings. The molecule has 0 atom stereocenters. The Labute approximate surface area is 121 Å². The van der Waals surface area contributed by atoms with Crippen molar-refractivity contribution in [2.24, 2.45) is 5.92 Å². The molecule has 0 spiro atoms. The van der Waals surface area contributed by atoms with Gasteiger partial charge in [-0.3, -0.25) is 0 Å². The van der Waals surface area contributed by atoms with Crippen LogP contribution in [-0.4, -0.2) is 24.7 Å². The molecule has 0 aliphatic heterocycles. The molecule has 0 unspecified atom stereocenters. The number of hydrogen-bond acceptors (Lipinski definition) is 2. The highest BCUT2D eigenvalue weighted by Gasteiger charge is 2.35. The number of halogens is 3. The first kappa shape index (κ1) is 15.7. The van der Waals surface area contributed by atoms with E-state index in [2.05, 4.69) is 0 Å². The number of carboxylic acid groups (broad SMARTS) is 1. The van der Waals surface area contributed by atoms with E-state index < -0.39 is 17.7 Å². The van der Waals surface area contributed by atoms with E-state index in [1.807, 2.05) is 0 Å². The second-order valence-corrected chi connectivity index (χ2v) is 5.57. The Bertz CT molecular complexity index is 522. The third-order valence-corrected chi connectivity index (χ3v) is 3.97. The summed E-state index contributed by atoms with van der Waals surface area (Å²) in [4.78, 5) is 12.4. The van der Waals surface area contributed by atoms with Crippen LogP contribution in [0.3, 0.4) is 0 Å². The Morgan fingerprint density at radius 3 is 2.48 bits per heavy atom. The van der Waals surface area contributed by atoms with Gasteiger partial charge in [0.15, 0.2) is 0 Å². The highest BCUT2D eigenvalue weighted by molar-refractivity contribution is 5.88. The molecule has 0 heterocycles. The maximum atomic E-state index is 13.1. The lowest BCUT2D eigenvalue weighted by Gasteiger charge is -2.26. The number of carboxylic acids is 1. The van der Waals surface area contributed by atoms with Crippen LogP contribution in [0.5, 0.6) is 0 Å². The number of rotatable bonds is 4. The van der Waals surface area contributed by atoms with E-state index in [1.54, 1.807) is 11.9 Å². The molecule has 116 valence electrons. The molecule has 1 aromatic carbocycles. The van der Waals surface area contributed by atoms with Crippen molar-refractivity contribution >= 4 is 11.7 Å². The summed E-state index contributed by atoms with van der Waals surface area (Å²) in [6.45, 7) is 0.565. The summed E-state index contributed by atoms with van der Waals surface area (Å²) >= 11 is 0. The van der Waals surface area contributed by atoms with Crippen molar-refractivity contribution in [2.75, 3.05) is 18.5 Å². The van der Waals surface area contributed by atoms with Gasteiger partial charge in [0.2, 0.25) is 0 Å². The molecule has 1 N–H and O–H groups in total. The highest BCUT2D eigenvalue weighted by Crippen LogP contribution is 2.38. The number of carbonyl (C=O) groups is 1. The van der Waals surface area contributed by atoms with Crippen LogP contribution in [0.2, 0.25) is 0 Å². The van der Waals surface area contributed by atoms with Gasteiger partial charge in [-0.05, 0) is 37.0 Å². The standard InChI is InChI=1S/C15H18F3NO2/c1-19(9-10-4-2-3-5-10)13-7-6-11(14(20)21)8-12(13)15(16,17)18/h6-8,10H,2-5,9H2,1H3,(H,20,21). The summed E-state index contributed by atoms with van der Waals surface area (Å²) in [5.41, 5.74) is -1.19. The summed E-state index contributed by atoms with van der Waals surface area (Å²) < 4.78 is 39.4. The van der Waals surface area contributed by atoms with Crippen molar-refractivity contribution in [3.05, 3.63) is 29.3 Å². The van der Waals surface area contributed by atoms with Gasteiger partial charge in [0.05, 0.1) is 11.1 Å². The minimum absolute atomic E-state index is 0.0411. The third kappa shape index (κ3) is 3.68. The normalized spacial score (nSPS) is 16.2. The van der Waals surface area contributed by atoms with E-state index in [0.717, 1.165) is 25.7 Å². The monoisotopic (exact) mass is 301 g/mol. The highest BCUT2D eigenvalue weighted by atomic mass is 19.4. The molecule has 0 bridgehead atoms. The number of benzene rings is 1.